The highest BCUT2D eigenvalue weighted by atomic mass is 35.5. The van der Waals surface area contributed by atoms with E-state index in [9.17, 15) is 13.2 Å². The maximum absolute atomic E-state index is 11.9. The summed E-state index contributed by atoms with van der Waals surface area (Å²) in [6.07, 6.45) is 0. The van der Waals surface area contributed by atoms with Gasteiger partial charge in [-0.05, 0) is 25.2 Å². The van der Waals surface area contributed by atoms with Crippen LogP contribution in [0.5, 0.6) is 0 Å². The van der Waals surface area contributed by atoms with Crippen molar-refractivity contribution in [3.05, 3.63) is 28.9 Å². The SMILES string of the molecule is CNS(=O)(=O)c1c(C(N)=O)[nH]c2ccc(Cl)cc12. The normalized spacial score (nSPS) is 11.9. The zero-order valence-electron chi connectivity index (χ0n) is 9.32. The highest BCUT2D eigenvalue weighted by molar-refractivity contribution is 7.89. The van der Waals surface area contributed by atoms with Gasteiger partial charge in [0, 0.05) is 15.9 Å². The molecule has 0 saturated carbocycles. The highest BCUT2D eigenvalue weighted by Crippen LogP contribution is 2.28. The van der Waals surface area contributed by atoms with Crippen molar-refractivity contribution < 1.29 is 13.2 Å². The molecule has 0 atom stereocenters. The number of hydrogen-bond acceptors (Lipinski definition) is 3. The molecular formula is C10H10ClN3O3S. The Labute approximate surface area is 108 Å². The molecule has 0 radical (unpaired) electrons. The number of halogens is 1. The Morgan fingerprint density at radius 3 is 2.67 bits per heavy atom. The second kappa shape index (κ2) is 4.27. The fourth-order valence-electron chi connectivity index (χ4n) is 1.69. The first-order valence-electron chi connectivity index (χ1n) is 4.91. The van der Waals surface area contributed by atoms with Gasteiger partial charge in [-0.25, -0.2) is 13.1 Å². The number of nitrogens with one attached hydrogen (secondary N) is 2. The number of amides is 1. The van der Waals surface area contributed by atoms with Crippen LogP contribution in [0.25, 0.3) is 10.9 Å². The van der Waals surface area contributed by atoms with Crippen molar-refractivity contribution in [1.82, 2.24) is 9.71 Å². The van der Waals surface area contributed by atoms with Gasteiger partial charge in [0.2, 0.25) is 10.0 Å². The molecule has 0 aliphatic heterocycles. The van der Waals surface area contributed by atoms with Gasteiger partial charge in [0.15, 0.2) is 0 Å². The van der Waals surface area contributed by atoms with Crippen LogP contribution in [0.3, 0.4) is 0 Å². The lowest BCUT2D eigenvalue weighted by Crippen LogP contribution is -2.23. The van der Waals surface area contributed by atoms with Crippen molar-refractivity contribution in [2.45, 2.75) is 4.90 Å². The van der Waals surface area contributed by atoms with Crippen molar-refractivity contribution in [2.75, 3.05) is 7.05 Å². The molecule has 2 aromatic rings. The number of nitrogens with two attached hydrogens (primary N) is 1. The third kappa shape index (κ3) is 1.96. The van der Waals surface area contributed by atoms with Gasteiger partial charge in [0.25, 0.3) is 5.91 Å². The van der Waals surface area contributed by atoms with E-state index in [0.29, 0.717) is 15.9 Å². The van der Waals surface area contributed by atoms with Crippen molar-refractivity contribution in [1.29, 1.82) is 0 Å². The van der Waals surface area contributed by atoms with E-state index in [4.69, 9.17) is 17.3 Å². The predicted molar refractivity (Wildman–Crippen MR) is 68.1 cm³/mol. The molecule has 1 heterocycles. The maximum atomic E-state index is 11.9. The monoisotopic (exact) mass is 287 g/mol. The number of hydrogen-bond donors (Lipinski definition) is 3. The van der Waals surface area contributed by atoms with E-state index in [1.54, 1.807) is 12.1 Å². The zero-order valence-corrected chi connectivity index (χ0v) is 10.9. The first-order chi connectivity index (χ1) is 8.36. The van der Waals surface area contributed by atoms with Gasteiger partial charge >= 0.3 is 0 Å². The minimum atomic E-state index is -3.81. The Morgan fingerprint density at radius 1 is 1.44 bits per heavy atom. The number of benzene rings is 1. The summed E-state index contributed by atoms with van der Waals surface area (Å²) in [7, 11) is -2.56. The smallest absolute Gasteiger partial charge is 0.266 e. The summed E-state index contributed by atoms with van der Waals surface area (Å²) in [5, 5.41) is 0.690. The first kappa shape index (κ1) is 12.9. The molecule has 0 aliphatic rings. The van der Waals surface area contributed by atoms with Crippen LogP contribution in [0.1, 0.15) is 10.5 Å². The van der Waals surface area contributed by atoms with E-state index < -0.39 is 15.9 Å². The average molecular weight is 288 g/mol. The Hall–Kier alpha value is -1.57. The molecule has 96 valence electrons. The summed E-state index contributed by atoms with van der Waals surface area (Å²) in [4.78, 5) is 13.8. The largest absolute Gasteiger partial charge is 0.364 e. The molecule has 1 amide bonds. The lowest BCUT2D eigenvalue weighted by Gasteiger charge is -2.02. The van der Waals surface area contributed by atoms with Crippen LogP contribution in [0.15, 0.2) is 23.1 Å². The molecular weight excluding hydrogens is 278 g/mol. The zero-order chi connectivity index (χ0) is 13.5. The third-order valence-corrected chi connectivity index (χ3v) is 4.23. The second-order valence-electron chi connectivity index (χ2n) is 3.59. The lowest BCUT2D eigenvalue weighted by molar-refractivity contribution is 0.0993. The summed E-state index contributed by atoms with van der Waals surface area (Å²) >= 11 is 5.83. The number of H-pyrrole nitrogens is 1. The van der Waals surface area contributed by atoms with E-state index in [1.807, 2.05) is 0 Å². The number of sulfonamides is 1. The maximum Gasteiger partial charge on any atom is 0.266 e. The number of fused-ring (bicyclic) bond motifs is 1. The molecule has 8 heteroatoms. The topological polar surface area (TPSA) is 105 Å². The Bertz CT molecular complexity index is 736. The molecule has 18 heavy (non-hydrogen) atoms. The molecule has 1 aromatic carbocycles. The van der Waals surface area contributed by atoms with Crippen LogP contribution in [-0.2, 0) is 10.0 Å². The van der Waals surface area contributed by atoms with Gasteiger partial charge in [-0.15, -0.1) is 0 Å². The summed E-state index contributed by atoms with van der Waals surface area (Å²) in [5.74, 6) is -0.851. The Balaban J connectivity index is 2.94. The van der Waals surface area contributed by atoms with Gasteiger partial charge in [-0.3, -0.25) is 4.79 Å². The summed E-state index contributed by atoms with van der Waals surface area (Å²) in [5.41, 5.74) is 5.48. The van der Waals surface area contributed by atoms with E-state index in [0.717, 1.165) is 0 Å². The van der Waals surface area contributed by atoms with E-state index in [1.165, 1.54) is 13.1 Å². The molecule has 0 saturated heterocycles. The molecule has 0 unspecified atom stereocenters. The van der Waals surface area contributed by atoms with E-state index in [2.05, 4.69) is 9.71 Å². The van der Waals surface area contributed by atoms with Crippen molar-refractivity contribution in [3.8, 4) is 0 Å². The molecule has 0 fully saturated rings. The molecule has 6 nitrogen and oxygen atoms in total. The quantitative estimate of drug-likeness (QED) is 0.778. The molecule has 2 rings (SSSR count). The number of carbonyl (C=O) groups is 1. The average Bonchev–Trinajstić information content (AvgIpc) is 2.68. The fraction of sp³-hybridized carbons (Fsp3) is 0.100. The minimum Gasteiger partial charge on any atom is -0.364 e. The molecule has 0 bridgehead atoms. The third-order valence-electron chi connectivity index (χ3n) is 2.50. The minimum absolute atomic E-state index is 0.165. The van der Waals surface area contributed by atoms with Crippen LogP contribution in [0.2, 0.25) is 5.02 Å². The molecule has 4 N–H and O–H groups in total. The fourth-order valence-corrected chi connectivity index (χ4v) is 2.95. The number of primary amides is 1. The number of aromatic nitrogens is 1. The second-order valence-corrected chi connectivity index (χ2v) is 5.85. The molecule has 0 aliphatic carbocycles. The Morgan fingerprint density at radius 2 is 2.11 bits per heavy atom. The van der Waals surface area contributed by atoms with Crippen LogP contribution < -0.4 is 10.5 Å². The number of carbonyl (C=O) groups excluding carboxylic acids is 1. The lowest BCUT2D eigenvalue weighted by atomic mass is 10.2. The van der Waals surface area contributed by atoms with Crippen molar-refractivity contribution >= 4 is 38.4 Å². The summed E-state index contributed by atoms with van der Waals surface area (Å²) in [6, 6.07) is 4.63. The van der Waals surface area contributed by atoms with Gasteiger partial charge in [0.05, 0.1) is 0 Å². The Kier molecular flexibility index (Phi) is 3.05. The van der Waals surface area contributed by atoms with Gasteiger partial charge in [-0.2, -0.15) is 0 Å². The first-order valence-corrected chi connectivity index (χ1v) is 6.77. The van der Waals surface area contributed by atoms with Gasteiger partial charge in [-0.1, -0.05) is 11.6 Å². The summed E-state index contributed by atoms with van der Waals surface area (Å²) in [6.45, 7) is 0. The highest BCUT2D eigenvalue weighted by Gasteiger charge is 2.25. The van der Waals surface area contributed by atoms with Gasteiger partial charge in [0.1, 0.15) is 10.6 Å². The van der Waals surface area contributed by atoms with Crippen LogP contribution >= 0.6 is 11.6 Å². The standard InChI is InChI=1S/C10H10ClN3O3S/c1-13-18(16,17)9-6-4-5(11)2-3-7(6)14-8(9)10(12)15/h2-4,13-14H,1H3,(H2,12,15). The number of aromatic amines is 1. The summed E-state index contributed by atoms with van der Waals surface area (Å²) < 4.78 is 26.0. The van der Waals surface area contributed by atoms with E-state index in [-0.39, 0.29) is 10.6 Å². The number of rotatable bonds is 3. The van der Waals surface area contributed by atoms with Crippen molar-refractivity contribution in [2.24, 2.45) is 5.73 Å². The van der Waals surface area contributed by atoms with Crippen LogP contribution in [0.4, 0.5) is 0 Å². The molecule has 1 aromatic heterocycles. The van der Waals surface area contributed by atoms with Crippen LogP contribution in [-0.4, -0.2) is 26.4 Å². The molecule has 0 spiro atoms. The predicted octanol–water partition coefficient (Wildman–Crippen LogP) is 0.828. The van der Waals surface area contributed by atoms with Crippen LogP contribution in [0, 0.1) is 0 Å². The van der Waals surface area contributed by atoms with Crippen molar-refractivity contribution in [3.63, 3.8) is 0 Å². The van der Waals surface area contributed by atoms with E-state index >= 15 is 0 Å². The van der Waals surface area contributed by atoms with Gasteiger partial charge < -0.3 is 10.7 Å².